The van der Waals surface area contributed by atoms with Crippen LogP contribution in [0.2, 0.25) is 5.02 Å². The maximum atomic E-state index is 13.4. The van der Waals surface area contributed by atoms with Crippen LogP contribution < -0.4 is 5.73 Å². The van der Waals surface area contributed by atoms with Gasteiger partial charge in [-0.1, -0.05) is 29.8 Å². The Labute approximate surface area is 118 Å². The number of nitrogens with two attached hydrogens (primary N) is 1. The van der Waals surface area contributed by atoms with Gasteiger partial charge in [-0.15, -0.1) is 0 Å². The zero-order valence-electron chi connectivity index (χ0n) is 10.1. The summed E-state index contributed by atoms with van der Waals surface area (Å²) >= 11 is 5.99. The van der Waals surface area contributed by atoms with E-state index in [0.29, 0.717) is 21.0 Å². The fourth-order valence-corrected chi connectivity index (χ4v) is 3.31. The van der Waals surface area contributed by atoms with Gasteiger partial charge in [0.2, 0.25) is 0 Å². The van der Waals surface area contributed by atoms with E-state index in [1.165, 1.54) is 12.1 Å². The van der Waals surface area contributed by atoms with Crippen LogP contribution in [-0.2, 0) is 23.1 Å². The average molecular weight is 298 g/mol. The zero-order valence-corrected chi connectivity index (χ0v) is 11.7. The Morgan fingerprint density at radius 1 is 1.16 bits per heavy atom. The molecule has 2 aromatic rings. The van der Waals surface area contributed by atoms with E-state index >= 15 is 0 Å². The molecule has 2 rings (SSSR count). The molecule has 0 aliphatic carbocycles. The Balaban J connectivity index is 2.24. The molecular weight excluding hydrogens is 285 g/mol. The van der Waals surface area contributed by atoms with E-state index in [4.69, 9.17) is 17.3 Å². The first kappa shape index (κ1) is 14.2. The highest BCUT2D eigenvalue weighted by Crippen LogP contribution is 2.22. The molecule has 0 radical (unpaired) electrons. The Kier molecular flexibility index (Phi) is 4.69. The minimum Gasteiger partial charge on any atom is -0.326 e. The van der Waals surface area contributed by atoms with Crippen molar-refractivity contribution in [2.24, 2.45) is 5.73 Å². The van der Waals surface area contributed by atoms with Crippen LogP contribution in [0.4, 0.5) is 4.39 Å². The summed E-state index contributed by atoms with van der Waals surface area (Å²) in [5, 5.41) is 0.455. The monoisotopic (exact) mass is 297 g/mol. The first-order valence-corrected chi connectivity index (χ1v) is 7.41. The van der Waals surface area contributed by atoms with Crippen LogP contribution in [0, 0.1) is 5.82 Å². The average Bonchev–Trinajstić information content (AvgIpc) is 2.38. The van der Waals surface area contributed by atoms with Crippen molar-refractivity contribution in [3.8, 4) is 0 Å². The molecule has 2 aromatic carbocycles. The lowest BCUT2D eigenvalue weighted by molar-refractivity contribution is 0.623. The molecule has 0 fully saturated rings. The smallest absolute Gasteiger partial charge is 0.123 e. The van der Waals surface area contributed by atoms with Gasteiger partial charge in [0.15, 0.2) is 0 Å². The molecule has 100 valence electrons. The number of benzene rings is 2. The van der Waals surface area contributed by atoms with Gasteiger partial charge in [-0.3, -0.25) is 4.21 Å². The lowest BCUT2D eigenvalue weighted by Gasteiger charge is -2.06. The summed E-state index contributed by atoms with van der Waals surface area (Å²) in [4.78, 5) is 0.558. The molecule has 0 saturated carbocycles. The normalized spacial score (nSPS) is 12.4. The fourth-order valence-electron chi connectivity index (χ4n) is 1.78. The van der Waals surface area contributed by atoms with E-state index in [1.807, 2.05) is 0 Å². The largest absolute Gasteiger partial charge is 0.326 e. The van der Waals surface area contributed by atoms with Gasteiger partial charge in [0.1, 0.15) is 5.82 Å². The molecule has 0 amide bonds. The number of hydrogen-bond donors (Lipinski definition) is 1. The lowest BCUT2D eigenvalue weighted by atomic mass is 10.1. The number of rotatable bonds is 4. The van der Waals surface area contributed by atoms with Crippen molar-refractivity contribution in [2.45, 2.75) is 17.2 Å². The van der Waals surface area contributed by atoms with E-state index in [2.05, 4.69) is 0 Å². The van der Waals surface area contributed by atoms with E-state index in [9.17, 15) is 8.60 Å². The minimum atomic E-state index is -1.30. The molecule has 0 aliphatic heterocycles. The second-order valence-corrected chi connectivity index (χ2v) is 5.92. The van der Waals surface area contributed by atoms with E-state index in [0.717, 1.165) is 0 Å². The molecule has 2 N–H and O–H groups in total. The van der Waals surface area contributed by atoms with Crippen LogP contribution in [0.5, 0.6) is 0 Å². The number of hydrogen-bond acceptors (Lipinski definition) is 2. The third-order valence-electron chi connectivity index (χ3n) is 2.63. The molecule has 5 heteroatoms. The highest BCUT2D eigenvalue weighted by molar-refractivity contribution is 7.84. The van der Waals surface area contributed by atoms with Crippen LogP contribution in [0.1, 0.15) is 11.1 Å². The van der Waals surface area contributed by atoms with Crippen molar-refractivity contribution < 1.29 is 8.60 Å². The van der Waals surface area contributed by atoms with Gasteiger partial charge in [0.05, 0.1) is 26.5 Å². The van der Waals surface area contributed by atoms with Crippen LogP contribution in [-0.4, -0.2) is 4.21 Å². The Morgan fingerprint density at radius 2 is 1.84 bits per heavy atom. The molecule has 19 heavy (non-hydrogen) atoms. The third kappa shape index (κ3) is 3.62. The van der Waals surface area contributed by atoms with Crippen LogP contribution in [0.25, 0.3) is 0 Å². The van der Waals surface area contributed by atoms with Gasteiger partial charge in [-0.2, -0.15) is 0 Å². The van der Waals surface area contributed by atoms with Crippen molar-refractivity contribution in [3.05, 3.63) is 64.4 Å². The SMILES string of the molecule is NCc1cc(F)cc(CS(=O)c2ccccc2Cl)c1. The van der Waals surface area contributed by atoms with E-state index in [1.54, 1.807) is 30.3 Å². The molecule has 1 atom stereocenters. The lowest BCUT2D eigenvalue weighted by Crippen LogP contribution is -2.02. The number of halogens is 2. The van der Waals surface area contributed by atoms with Crippen molar-refractivity contribution in [1.82, 2.24) is 0 Å². The summed E-state index contributed by atoms with van der Waals surface area (Å²) in [6, 6.07) is 11.5. The molecule has 0 aromatic heterocycles. The second-order valence-electron chi connectivity index (χ2n) is 4.09. The van der Waals surface area contributed by atoms with Gasteiger partial charge in [-0.25, -0.2) is 4.39 Å². The van der Waals surface area contributed by atoms with Crippen LogP contribution in [0.3, 0.4) is 0 Å². The highest BCUT2D eigenvalue weighted by Gasteiger charge is 2.10. The predicted molar refractivity (Wildman–Crippen MR) is 75.9 cm³/mol. The highest BCUT2D eigenvalue weighted by atomic mass is 35.5. The molecule has 0 heterocycles. The molecule has 0 aliphatic rings. The topological polar surface area (TPSA) is 43.1 Å². The predicted octanol–water partition coefficient (Wildman–Crippen LogP) is 3.25. The molecular formula is C14H13ClFNOS. The van der Waals surface area contributed by atoms with Crippen molar-refractivity contribution in [2.75, 3.05) is 0 Å². The Morgan fingerprint density at radius 3 is 2.53 bits per heavy atom. The van der Waals surface area contributed by atoms with Gasteiger partial charge in [0.25, 0.3) is 0 Å². The van der Waals surface area contributed by atoms with Gasteiger partial charge in [-0.05, 0) is 35.4 Å². The standard InChI is InChI=1S/C14H13ClFNOS/c15-13-3-1-2-4-14(13)19(18)9-11-5-10(8-17)6-12(16)7-11/h1-7H,8-9,17H2. The van der Waals surface area contributed by atoms with Gasteiger partial charge >= 0.3 is 0 Å². The molecule has 0 spiro atoms. The van der Waals surface area contributed by atoms with Crippen molar-refractivity contribution in [3.63, 3.8) is 0 Å². The third-order valence-corrected chi connectivity index (χ3v) is 4.52. The van der Waals surface area contributed by atoms with E-state index < -0.39 is 10.8 Å². The maximum absolute atomic E-state index is 13.4. The summed E-state index contributed by atoms with van der Waals surface area (Å²) in [5.41, 5.74) is 6.83. The molecule has 0 bridgehead atoms. The van der Waals surface area contributed by atoms with Gasteiger partial charge < -0.3 is 5.73 Å². The Hall–Kier alpha value is -1.23. The summed E-state index contributed by atoms with van der Waals surface area (Å²) in [6.45, 7) is 0.253. The minimum absolute atomic E-state index is 0.217. The van der Waals surface area contributed by atoms with Gasteiger partial charge in [0, 0.05) is 6.54 Å². The Bertz CT molecular complexity index is 618. The first-order chi connectivity index (χ1) is 9.10. The van der Waals surface area contributed by atoms with Crippen molar-refractivity contribution >= 4 is 22.4 Å². The first-order valence-electron chi connectivity index (χ1n) is 5.71. The zero-order chi connectivity index (χ0) is 13.8. The fraction of sp³-hybridized carbons (Fsp3) is 0.143. The van der Waals surface area contributed by atoms with Crippen LogP contribution >= 0.6 is 11.6 Å². The quantitative estimate of drug-likeness (QED) is 0.941. The summed E-state index contributed by atoms with van der Waals surface area (Å²) in [5.74, 6) is -0.150. The summed E-state index contributed by atoms with van der Waals surface area (Å²) < 4.78 is 25.6. The maximum Gasteiger partial charge on any atom is 0.123 e. The molecule has 0 saturated heterocycles. The molecule has 2 nitrogen and oxygen atoms in total. The van der Waals surface area contributed by atoms with E-state index in [-0.39, 0.29) is 18.1 Å². The van der Waals surface area contributed by atoms with Crippen molar-refractivity contribution in [1.29, 1.82) is 0 Å². The summed E-state index contributed by atoms with van der Waals surface area (Å²) in [6.07, 6.45) is 0. The van der Waals surface area contributed by atoms with Crippen LogP contribution in [0.15, 0.2) is 47.4 Å². The molecule has 1 unspecified atom stereocenters. The second kappa shape index (κ2) is 6.28. The summed E-state index contributed by atoms with van der Waals surface area (Å²) in [7, 11) is -1.30.